The minimum Gasteiger partial charge on any atom is -0.372 e. The first-order chi connectivity index (χ1) is 9.85. The average Bonchev–Trinajstić information content (AvgIpc) is 2.67. The van der Waals surface area contributed by atoms with Crippen molar-refractivity contribution in [3.63, 3.8) is 0 Å². The highest BCUT2D eigenvalue weighted by molar-refractivity contribution is 5.78. The van der Waals surface area contributed by atoms with Crippen LogP contribution in [-0.4, -0.2) is 45.9 Å². The Morgan fingerprint density at radius 2 is 2.00 bits per heavy atom. The Bertz CT molecular complexity index is 537. The smallest absolute Gasteiger partial charge is 0.266 e. The van der Waals surface area contributed by atoms with Gasteiger partial charge >= 0.3 is 0 Å². The van der Waals surface area contributed by atoms with Gasteiger partial charge < -0.3 is 9.64 Å². The quantitative estimate of drug-likeness (QED) is 0.901. The number of rotatable bonds is 4. The monoisotopic (exact) mass is 295 g/mol. The maximum absolute atomic E-state index is 12.3. The van der Waals surface area contributed by atoms with Gasteiger partial charge in [-0.3, -0.25) is 19.4 Å². The molecule has 0 radical (unpaired) electrons. The standard InChI is InChI=1S/C15H25N3O3/c1-10(2)7-18-15(20)6-13(16-18)5-14(19)17-8-11(3)21-12(4)9-17/h6,10-12,16H,5,7-9H2,1-4H3/t11-,12+. The Morgan fingerprint density at radius 1 is 1.38 bits per heavy atom. The molecule has 1 fully saturated rings. The third kappa shape index (κ3) is 4.20. The predicted octanol–water partition coefficient (Wildman–Crippen LogP) is 1.01. The van der Waals surface area contributed by atoms with Crippen LogP contribution in [0.25, 0.3) is 0 Å². The van der Waals surface area contributed by atoms with Gasteiger partial charge in [0.25, 0.3) is 5.56 Å². The molecular formula is C15H25N3O3. The van der Waals surface area contributed by atoms with E-state index in [1.807, 2.05) is 18.7 Å². The molecule has 0 unspecified atom stereocenters. The van der Waals surface area contributed by atoms with Crippen molar-refractivity contribution in [1.29, 1.82) is 0 Å². The van der Waals surface area contributed by atoms with E-state index in [4.69, 9.17) is 4.74 Å². The highest BCUT2D eigenvalue weighted by Crippen LogP contribution is 2.12. The molecule has 1 saturated heterocycles. The fraction of sp³-hybridized carbons (Fsp3) is 0.733. The van der Waals surface area contributed by atoms with E-state index in [-0.39, 0.29) is 30.1 Å². The van der Waals surface area contributed by atoms with E-state index in [9.17, 15) is 9.59 Å². The van der Waals surface area contributed by atoms with E-state index in [1.54, 1.807) is 4.68 Å². The number of aromatic nitrogens is 2. The van der Waals surface area contributed by atoms with Crippen LogP contribution in [0.1, 0.15) is 33.4 Å². The third-order valence-electron chi connectivity index (χ3n) is 3.50. The molecule has 1 amide bonds. The van der Waals surface area contributed by atoms with Gasteiger partial charge in [-0.15, -0.1) is 0 Å². The first-order valence-electron chi connectivity index (χ1n) is 7.57. The first-order valence-corrected chi connectivity index (χ1v) is 7.57. The molecule has 118 valence electrons. The van der Waals surface area contributed by atoms with E-state index in [1.165, 1.54) is 6.07 Å². The van der Waals surface area contributed by atoms with Crippen molar-refractivity contribution in [2.75, 3.05) is 13.1 Å². The van der Waals surface area contributed by atoms with Gasteiger partial charge in [0.2, 0.25) is 5.91 Å². The van der Waals surface area contributed by atoms with Crippen LogP contribution in [0.2, 0.25) is 0 Å². The van der Waals surface area contributed by atoms with Crippen molar-refractivity contribution < 1.29 is 9.53 Å². The summed E-state index contributed by atoms with van der Waals surface area (Å²) in [6, 6.07) is 1.52. The molecule has 1 N–H and O–H groups in total. The van der Waals surface area contributed by atoms with Gasteiger partial charge in [-0.1, -0.05) is 13.8 Å². The minimum absolute atomic E-state index is 0.0370. The Labute approximate surface area is 125 Å². The Hall–Kier alpha value is -1.56. The summed E-state index contributed by atoms with van der Waals surface area (Å²) in [5, 5.41) is 3.03. The number of nitrogens with one attached hydrogen (secondary N) is 1. The lowest BCUT2D eigenvalue weighted by atomic mass is 10.2. The average molecular weight is 295 g/mol. The van der Waals surface area contributed by atoms with E-state index in [2.05, 4.69) is 18.9 Å². The van der Waals surface area contributed by atoms with Gasteiger partial charge in [0.1, 0.15) is 0 Å². The van der Waals surface area contributed by atoms with Crippen molar-refractivity contribution >= 4 is 5.91 Å². The second kappa shape index (κ2) is 6.47. The molecule has 6 heteroatoms. The zero-order valence-corrected chi connectivity index (χ0v) is 13.3. The van der Waals surface area contributed by atoms with Gasteiger partial charge in [-0.2, -0.15) is 0 Å². The van der Waals surface area contributed by atoms with Crippen LogP contribution in [0.5, 0.6) is 0 Å². The summed E-state index contributed by atoms with van der Waals surface area (Å²) in [4.78, 5) is 26.0. The zero-order valence-electron chi connectivity index (χ0n) is 13.3. The van der Waals surface area contributed by atoms with Crippen LogP contribution >= 0.6 is 0 Å². The summed E-state index contributed by atoms with van der Waals surface area (Å²) in [5.74, 6) is 0.417. The molecular weight excluding hydrogens is 270 g/mol. The van der Waals surface area contributed by atoms with Crippen LogP contribution in [0.3, 0.4) is 0 Å². The van der Waals surface area contributed by atoms with Crippen molar-refractivity contribution in [2.24, 2.45) is 5.92 Å². The number of carbonyl (C=O) groups is 1. The Morgan fingerprint density at radius 3 is 2.57 bits per heavy atom. The number of aromatic amines is 1. The second-order valence-corrected chi connectivity index (χ2v) is 6.36. The normalized spacial score (nSPS) is 22.8. The molecule has 0 aliphatic carbocycles. The Balaban J connectivity index is 2.01. The topological polar surface area (TPSA) is 67.3 Å². The van der Waals surface area contributed by atoms with Gasteiger partial charge in [0.15, 0.2) is 0 Å². The number of ether oxygens (including phenoxy) is 1. The SMILES string of the molecule is CC(C)Cn1[nH]c(CC(=O)N2C[C@@H](C)O[C@@H](C)C2)cc1=O. The largest absolute Gasteiger partial charge is 0.372 e. The van der Waals surface area contributed by atoms with E-state index >= 15 is 0 Å². The second-order valence-electron chi connectivity index (χ2n) is 6.36. The van der Waals surface area contributed by atoms with Crippen LogP contribution in [0, 0.1) is 5.92 Å². The lowest BCUT2D eigenvalue weighted by molar-refractivity contribution is -0.142. The van der Waals surface area contributed by atoms with Crippen molar-refractivity contribution in [3.8, 4) is 0 Å². The van der Waals surface area contributed by atoms with Crippen LogP contribution in [-0.2, 0) is 22.5 Å². The fourth-order valence-electron chi connectivity index (χ4n) is 2.74. The van der Waals surface area contributed by atoms with Crippen LogP contribution in [0.15, 0.2) is 10.9 Å². The molecule has 1 aromatic heterocycles. The lowest BCUT2D eigenvalue weighted by Crippen LogP contribution is -2.48. The highest BCUT2D eigenvalue weighted by Gasteiger charge is 2.26. The summed E-state index contributed by atoms with van der Waals surface area (Å²) in [6.07, 6.45) is 0.351. The van der Waals surface area contributed by atoms with Gasteiger partial charge in [0, 0.05) is 31.4 Å². The summed E-state index contributed by atoms with van der Waals surface area (Å²) in [6.45, 7) is 9.90. The van der Waals surface area contributed by atoms with Gasteiger partial charge in [0.05, 0.1) is 18.6 Å². The number of morpholine rings is 1. The van der Waals surface area contributed by atoms with Gasteiger partial charge in [-0.05, 0) is 19.8 Å². The summed E-state index contributed by atoms with van der Waals surface area (Å²) < 4.78 is 7.20. The Kier molecular flexibility index (Phi) is 4.88. The molecule has 2 rings (SSSR count). The van der Waals surface area contributed by atoms with E-state index in [0.717, 1.165) is 0 Å². The molecule has 2 heterocycles. The number of H-pyrrole nitrogens is 1. The number of carbonyl (C=O) groups excluding carboxylic acids is 1. The predicted molar refractivity (Wildman–Crippen MR) is 80.2 cm³/mol. The molecule has 1 aliphatic rings. The molecule has 6 nitrogen and oxygen atoms in total. The highest BCUT2D eigenvalue weighted by atomic mass is 16.5. The van der Waals surface area contributed by atoms with Gasteiger partial charge in [-0.25, -0.2) is 0 Å². The van der Waals surface area contributed by atoms with E-state index < -0.39 is 0 Å². The molecule has 1 aliphatic heterocycles. The maximum atomic E-state index is 12.3. The van der Waals surface area contributed by atoms with Crippen molar-refractivity contribution in [1.82, 2.24) is 14.7 Å². The van der Waals surface area contributed by atoms with E-state index in [0.29, 0.717) is 31.2 Å². The molecule has 0 bridgehead atoms. The fourth-order valence-corrected chi connectivity index (χ4v) is 2.74. The molecule has 0 aromatic carbocycles. The first kappa shape index (κ1) is 15.8. The minimum atomic E-state index is -0.0739. The summed E-state index contributed by atoms with van der Waals surface area (Å²) in [7, 11) is 0. The number of nitrogens with zero attached hydrogens (tertiary/aromatic N) is 2. The van der Waals surface area contributed by atoms with Crippen molar-refractivity contribution in [2.45, 2.75) is 52.9 Å². The summed E-state index contributed by atoms with van der Waals surface area (Å²) in [5.41, 5.74) is 0.604. The number of hydrogen-bond acceptors (Lipinski definition) is 3. The molecule has 21 heavy (non-hydrogen) atoms. The van der Waals surface area contributed by atoms with Crippen LogP contribution in [0.4, 0.5) is 0 Å². The zero-order chi connectivity index (χ0) is 15.6. The maximum Gasteiger partial charge on any atom is 0.266 e. The number of amides is 1. The molecule has 0 saturated carbocycles. The number of hydrogen-bond donors (Lipinski definition) is 1. The molecule has 2 atom stereocenters. The van der Waals surface area contributed by atoms with Crippen LogP contribution < -0.4 is 5.56 Å². The molecule has 1 aromatic rings. The third-order valence-corrected chi connectivity index (χ3v) is 3.50. The lowest BCUT2D eigenvalue weighted by Gasteiger charge is -2.35. The molecule has 0 spiro atoms. The summed E-state index contributed by atoms with van der Waals surface area (Å²) >= 11 is 0. The van der Waals surface area contributed by atoms with Crippen molar-refractivity contribution in [3.05, 3.63) is 22.1 Å².